The van der Waals surface area contributed by atoms with Crippen molar-refractivity contribution in [2.75, 3.05) is 0 Å². The SMILES string of the molecule is CC(=O)C(=C=C(C(C)C)C1CCCC1)C1CCCC1. The van der Waals surface area contributed by atoms with Crippen molar-refractivity contribution in [3.8, 4) is 0 Å². The molecule has 0 atom stereocenters. The van der Waals surface area contributed by atoms with Gasteiger partial charge in [-0.25, -0.2) is 0 Å². The summed E-state index contributed by atoms with van der Waals surface area (Å²) in [7, 11) is 0. The highest BCUT2D eigenvalue weighted by Gasteiger charge is 2.25. The summed E-state index contributed by atoms with van der Waals surface area (Å²) in [5.74, 6) is 1.96. The van der Waals surface area contributed by atoms with Crippen molar-refractivity contribution in [1.82, 2.24) is 0 Å². The smallest absolute Gasteiger partial charge is 0.163 e. The van der Waals surface area contributed by atoms with Crippen LogP contribution in [0, 0.1) is 17.8 Å². The van der Waals surface area contributed by atoms with Gasteiger partial charge in [0.25, 0.3) is 0 Å². The third kappa shape index (κ3) is 3.60. The number of carbonyl (C=O) groups excluding carboxylic acids is 1. The van der Waals surface area contributed by atoms with Crippen molar-refractivity contribution < 1.29 is 4.79 Å². The largest absolute Gasteiger partial charge is 0.294 e. The molecule has 0 N–H and O–H groups in total. The first-order chi connectivity index (χ1) is 9.09. The van der Waals surface area contributed by atoms with E-state index in [9.17, 15) is 4.79 Å². The highest BCUT2D eigenvalue weighted by molar-refractivity contribution is 5.93. The minimum Gasteiger partial charge on any atom is -0.294 e. The first-order valence-electron chi connectivity index (χ1n) is 8.11. The highest BCUT2D eigenvalue weighted by Crippen LogP contribution is 2.36. The van der Waals surface area contributed by atoms with Gasteiger partial charge in [0.15, 0.2) is 5.78 Å². The standard InChI is InChI=1S/C18H28O/c1-13(2)17(15-8-4-5-9-15)12-18(14(3)19)16-10-6-7-11-16/h13,15-16H,4-11H2,1-3H3. The summed E-state index contributed by atoms with van der Waals surface area (Å²) >= 11 is 0. The van der Waals surface area contributed by atoms with E-state index < -0.39 is 0 Å². The van der Waals surface area contributed by atoms with Gasteiger partial charge in [0.05, 0.1) is 0 Å². The van der Waals surface area contributed by atoms with Gasteiger partial charge in [-0.3, -0.25) is 4.79 Å². The molecule has 0 aliphatic heterocycles. The van der Waals surface area contributed by atoms with Gasteiger partial charge < -0.3 is 0 Å². The van der Waals surface area contributed by atoms with Crippen molar-refractivity contribution in [2.24, 2.45) is 17.8 Å². The first-order valence-corrected chi connectivity index (χ1v) is 8.11. The molecule has 0 spiro atoms. The van der Waals surface area contributed by atoms with Crippen LogP contribution in [0.1, 0.15) is 72.1 Å². The average Bonchev–Trinajstić information content (AvgIpc) is 3.00. The Hall–Kier alpha value is -0.810. The molecule has 0 bridgehead atoms. The van der Waals surface area contributed by atoms with Crippen LogP contribution in [0.25, 0.3) is 0 Å². The van der Waals surface area contributed by atoms with E-state index in [2.05, 4.69) is 19.6 Å². The Morgan fingerprint density at radius 2 is 1.42 bits per heavy atom. The highest BCUT2D eigenvalue weighted by atomic mass is 16.1. The van der Waals surface area contributed by atoms with E-state index >= 15 is 0 Å². The zero-order valence-corrected chi connectivity index (χ0v) is 12.8. The van der Waals surface area contributed by atoms with Gasteiger partial charge >= 0.3 is 0 Å². The van der Waals surface area contributed by atoms with Crippen molar-refractivity contribution in [3.63, 3.8) is 0 Å². The quantitative estimate of drug-likeness (QED) is 0.510. The second-order valence-electron chi connectivity index (χ2n) is 6.67. The Morgan fingerprint density at radius 1 is 0.947 bits per heavy atom. The molecular formula is C18H28O. The summed E-state index contributed by atoms with van der Waals surface area (Å²) in [6.45, 7) is 6.24. The fourth-order valence-electron chi connectivity index (χ4n) is 3.80. The van der Waals surface area contributed by atoms with E-state index in [4.69, 9.17) is 0 Å². The van der Waals surface area contributed by atoms with Crippen LogP contribution in [-0.4, -0.2) is 5.78 Å². The number of ketones is 1. The van der Waals surface area contributed by atoms with E-state index in [1.807, 2.05) is 0 Å². The van der Waals surface area contributed by atoms with Crippen molar-refractivity contribution in [3.05, 3.63) is 16.9 Å². The molecule has 2 fully saturated rings. The Kier molecular flexibility index (Phi) is 5.05. The lowest BCUT2D eigenvalue weighted by molar-refractivity contribution is -0.114. The molecule has 0 unspecified atom stereocenters. The minimum atomic E-state index is 0.253. The fraction of sp³-hybridized carbons (Fsp3) is 0.778. The number of carbonyl (C=O) groups is 1. The maximum atomic E-state index is 12.0. The third-order valence-corrected chi connectivity index (χ3v) is 4.84. The molecule has 0 heterocycles. The number of Topliss-reactive ketones (excluding diaryl/α,β-unsaturated/α-hetero) is 1. The maximum Gasteiger partial charge on any atom is 0.163 e. The van der Waals surface area contributed by atoms with Gasteiger partial charge in [0.1, 0.15) is 0 Å². The Balaban J connectivity index is 2.36. The fourth-order valence-corrected chi connectivity index (χ4v) is 3.80. The molecule has 0 aromatic heterocycles. The molecule has 2 aliphatic carbocycles. The molecule has 19 heavy (non-hydrogen) atoms. The zero-order chi connectivity index (χ0) is 13.8. The van der Waals surface area contributed by atoms with Crippen molar-refractivity contribution >= 4 is 5.78 Å². The Morgan fingerprint density at radius 3 is 1.84 bits per heavy atom. The number of rotatable bonds is 4. The molecule has 0 radical (unpaired) electrons. The second-order valence-corrected chi connectivity index (χ2v) is 6.67. The van der Waals surface area contributed by atoms with Gasteiger partial charge in [-0.1, -0.05) is 39.5 Å². The van der Waals surface area contributed by atoms with Gasteiger partial charge in [-0.05, 0) is 55.9 Å². The monoisotopic (exact) mass is 260 g/mol. The molecule has 2 rings (SSSR count). The van der Waals surface area contributed by atoms with Crippen LogP contribution < -0.4 is 0 Å². The van der Waals surface area contributed by atoms with Crippen molar-refractivity contribution in [1.29, 1.82) is 0 Å². The lowest BCUT2D eigenvalue weighted by Crippen LogP contribution is -2.10. The molecule has 0 aromatic carbocycles. The van der Waals surface area contributed by atoms with E-state index in [-0.39, 0.29) is 5.78 Å². The summed E-state index contributed by atoms with van der Waals surface area (Å²) in [5.41, 5.74) is 6.05. The van der Waals surface area contributed by atoms with E-state index in [0.717, 1.165) is 5.57 Å². The predicted octanol–water partition coefficient (Wildman–Crippen LogP) is 5.06. The minimum absolute atomic E-state index is 0.253. The number of allylic oxidation sites excluding steroid dienone is 1. The second kappa shape index (κ2) is 6.57. The first kappa shape index (κ1) is 14.6. The van der Waals surface area contributed by atoms with Crippen LogP contribution in [0.15, 0.2) is 16.9 Å². The number of hydrogen-bond donors (Lipinski definition) is 0. The molecule has 0 saturated heterocycles. The summed E-state index contributed by atoms with van der Waals surface area (Å²) < 4.78 is 0. The Bertz CT molecular complexity index is 384. The van der Waals surface area contributed by atoms with E-state index in [1.165, 1.54) is 56.9 Å². The molecule has 1 nitrogen and oxygen atoms in total. The molecule has 0 aromatic rings. The van der Waals surface area contributed by atoms with Crippen LogP contribution in [0.5, 0.6) is 0 Å². The van der Waals surface area contributed by atoms with E-state index in [0.29, 0.717) is 17.8 Å². The summed E-state index contributed by atoms with van der Waals surface area (Å²) in [6.07, 6.45) is 10.2. The summed E-state index contributed by atoms with van der Waals surface area (Å²) in [5, 5.41) is 0. The molecule has 106 valence electrons. The van der Waals surface area contributed by atoms with Crippen LogP contribution in [0.2, 0.25) is 0 Å². The summed E-state index contributed by atoms with van der Waals surface area (Å²) in [6, 6.07) is 0. The predicted molar refractivity (Wildman–Crippen MR) is 80.0 cm³/mol. The molecular weight excluding hydrogens is 232 g/mol. The van der Waals surface area contributed by atoms with Gasteiger partial charge in [0, 0.05) is 5.57 Å². The average molecular weight is 260 g/mol. The third-order valence-electron chi connectivity index (χ3n) is 4.84. The molecule has 2 saturated carbocycles. The Labute approximate surface area is 118 Å². The van der Waals surface area contributed by atoms with Gasteiger partial charge in [0.2, 0.25) is 0 Å². The van der Waals surface area contributed by atoms with Crippen molar-refractivity contribution in [2.45, 2.75) is 72.1 Å². The lowest BCUT2D eigenvalue weighted by atomic mass is 9.86. The van der Waals surface area contributed by atoms with Crippen LogP contribution >= 0.6 is 0 Å². The van der Waals surface area contributed by atoms with Gasteiger partial charge in [-0.2, -0.15) is 0 Å². The normalized spacial score (nSPS) is 20.8. The topological polar surface area (TPSA) is 17.1 Å². The maximum absolute atomic E-state index is 12.0. The number of hydrogen-bond acceptors (Lipinski definition) is 1. The molecule has 0 amide bonds. The van der Waals surface area contributed by atoms with Gasteiger partial charge in [-0.15, -0.1) is 5.73 Å². The lowest BCUT2D eigenvalue weighted by Gasteiger charge is -2.17. The van der Waals surface area contributed by atoms with Crippen LogP contribution in [-0.2, 0) is 4.79 Å². The summed E-state index contributed by atoms with van der Waals surface area (Å²) in [4.78, 5) is 12.0. The zero-order valence-electron chi connectivity index (χ0n) is 12.8. The molecule has 2 aliphatic rings. The molecule has 1 heteroatoms. The van der Waals surface area contributed by atoms with E-state index in [1.54, 1.807) is 6.92 Å². The van der Waals surface area contributed by atoms with Crippen LogP contribution in [0.4, 0.5) is 0 Å². The van der Waals surface area contributed by atoms with Crippen LogP contribution in [0.3, 0.4) is 0 Å².